The third kappa shape index (κ3) is 4.12. The Morgan fingerprint density at radius 1 is 1.08 bits per heavy atom. The lowest BCUT2D eigenvalue weighted by atomic mass is 10.0. The summed E-state index contributed by atoms with van der Waals surface area (Å²) in [5, 5.41) is 7.27. The van der Waals surface area contributed by atoms with Crippen LogP contribution in [0.15, 0.2) is 54.6 Å². The van der Waals surface area contributed by atoms with Crippen LogP contribution in [0.3, 0.4) is 0 Å². The van der Waals surface area contributed by atoms with Crippen LogP contribution in [-0.4, -0.2) is 20.7 Å². The van der Waals surface area contributed by atoms with Gasteiger partial charge < -0.3 is 5.32 Å². The first-order valence-electron chi connectivity index (χ1n) is 8.39. The molecule has 0 aliphatic carbocycles. The van der Waals surface area contributed by atoms with Gasteiger partial charge in [0.25, 0.3) is 0 Å². The lowest BCUT2D eigenvalue weighted by molar-refractivity contribution is -0.116. The fraction of sp³-hybridized carbons (Fsp3) is 0.250. The molecule has 1 N–H and O–H groups in total. The second-order valence-electron chi connectivity index (χ2n) is 6.33. The van der Waals surface area contributed by atoms with Gasteiger partial charge in [-0.15, -0.1) is 0 Å². The second-order valence-corrected chi connectivity index (χ2v) is 6.33. The Morgan fingerprint density at radius 2 is 1.76 bits per heavy atom. The zero-order chi connectivity index (χ0) is 17.8. The topological polar surface area (TPSA) is 59.8 Å². The SMILES string of the molecule is Cc1nc(-c2ccccc2)n(CC(=O)Nc2ccc(C(C)C)cc2)n1. The quantitative estimate of drug-likeness (QED) is 0.767. The van der Waals surface area contributed by atoms with Crippen molar-refractivity contribution in [3.8, 4) is 11.4 Å². The van der Waals surface area contributed by atoms with E-state index in [1.165, 1.54) is 5.56 Å². The van der Waals surface area contributed by atoms with Crippen molar-refractivity contribution in [2.24, 2.45) is 0 Å². The van der Waals surface area contributed by atoms with Gasteiger partial charge in [-0.3, -0.25) is 4.79 Å². The van der Waals surface area contributed by atoms with Crippen LogP contribution in [0.2, 0.25) is 0 Å². The van der Waals surface area contributed by atoms with Crippen LogP contribution in [-0.2, 0) is 11.3 Å². The molecule has 0 spiro atoms. The number of carbonyl (C=O) groups is 1. The molecule has 0 radical (unpaired) electrons. The second kappa shape index (κ2) is 7.30. The average molecular weight is 334 g/mol. The predicted molar refractivity (Wildman–Crippen MR) is 99.4 cm³/mol. The van der Waals surface area contributed by atoms with Crippen LogP contribution in [0.5, 0.6) is 0 Å². The minimum absolute atomic E-state index is 0.122. The van der Waals surface area contributed by atoms with E-state index in [9.17, 15) is 4.79 Å². The van der Waals surface area contributed by atoms with E-state index in [2.05, 4.69) is 29.2 Å². The summed E-state index contributed by atoms with van der Waals surface area (Å²) in [7, 11) is 0. The van der Waals surface area contributed by atoms with Crippen molar-refractivity contribution in [1.29, 1.82) is 0 Å². The van der Waals surface area contributed by atoms with Crippen molar-refractivity contribution >= 4 is 11.6 Å². The number of benzene rings is 2. The lowest BCUT2D eigenvalue weighted by Gasteiger charge is -2.09. The molecule has 3 rings (SSSR count). The number of aromatic nitrogens is 3. The Morgan fingerprint density at radius 3 is 2.40 bits per heavy atom. The molecule has 0 aliphatic heterocycles. The predicted octanol–water partition coefficient (Wildman–Crippen LogP) is 4.02. The molecule has 2 aromatic carbocycles. The molecule has 25 heavy (non-hydrogen) atoms. The highest BCUT2D eigenvalue weighted by atomic mass is 16.2. The fourth-order valence-corrected chi connectivity index (χ4v) is 2.65. The van der Waals surface area contributed by atoms with Crippen molar-refractivity contribution in [2.75, 3.05) is 5.32 Å². The van der Waals surface area contributed by atoms with Gasteiger partial charge in [-0.2, -0.15) is 5.10 Å². The molecule has 1 aromatic heterocycles. The Kier molecular flexibility index (Phi) is 4.93. The molecule has 0 fully saturated rings. The molecule has 5 nitrogen and oxygen atoms in total. The maximum absolute atomic E-state index is 12.4. The number of nitrogens with one attached hydrogen (secondary N) is 1. The van der Waals surface area contributed by atoms with Gasteiger partial charge in [0.15, 0.2) is 5.82 Å². The first-order valence-corrected chi connectivity index (χ1v) is 8.39. The summed E-state index contributed by atoms with van der Waals surface area (Å²) in [5.41, 5.74) is 2.97. The molecule has 1 heterocycles. The van der Waals surface area contributed by atoms with Crippen LogP contribution in [0.25, 0.3) is 11.4 Å². The smallest absolute Gasteiger partial charge is 0.246 e. The summed E-state index contributed by atoms with van der Waals surface area (Å²) in [6, 6.07) is 17.7. The molecule has 0 saturated heterocycles. The van der Waals surface area contributed by atoms with E-state index in [-0.39, 0.29) is 12.5 Å². The van der Waals surface area contributed by atoms with E-state index in [1.807, 2.05) is 61.5 Å². The minimum Gasteiger partial charge on any atom is -0.324 e. The summed E-state index contributed by atoms with van der Waals surface area (Å²) >= 11 is 0. The summed E-state index contributed by atoms with van der Waals surface area (Å²) < 4.78 is 1.64. The number of amides is 1. The number of carbonyl (C=O) groups excluding carboxylic acids is 1. The Bertz CT molecular complexity index is 851. The van der Waals surface area contributed by atoms with Gasteiger partial charge in [0, 0.05) is 11.3 Å². The molecule has 1 amide bonds. The lowest BCUT2D eigenvalue weighted by Crippen LogP contribution is -2.20. The molecule has 3 aromatic rings. The van der Waals surface area contributed by atoms with Gasteiger partial charge in [-0.25, -0.2) is 9.67 Å². The number of aryl methyl sites for hydroxylation is 1. The molecular weight excluding hydrogens is 312 g/mol. The van der Waals surface area contributed by atoms with Gasteiger partial charge in [-0.05, 0) is 30.5 Å². The third-order valence-electron chi connectivity index (χ3n) is 3.96. The molecular formula is C20H22N4O. The highest BCUT2D eigenvalue weighted by molar-refractivity contribution is 5.90. The maximum atomic E-state index is 12.4. The van der Waals surface area contributed by atoms with Gasteiger partial charge in [0.2, 0.25) is 5.91 Å². The largest absolute Gasteiger partial charge is 0.324 e. The van der Waals surface area contributed by atoms with E-state index in [1.54, 1.807) is 4.68 Å². The van der Waals surface area contributed by atoms with Gasteiger partial charge >= 0.3 is 0 Å². The third-order valence-corrected chi connectivity index (χ3v) is 3.96. The van der Waals surface area contributed by atoms with E-state index in [4.69, 9.17) is 0 Å². The fourth-order valence-electron chi connectivity index (χ4n) is 2.65. The molecule has 0 atom stereocenters. The number of nitrogens with zero attached hydrogens (tertiary/aromatic N) is 3. The van der Waals surface area contributed by atoms with E-state index in [0.29, 0.717) is 17.6 Å². The Labute approximate surface area is 147 Å². The standard InChI is InChI=1S/C20H22N4O/c1-14(2)16-9-11-18(12-10-16)22-19(25)13-24-20(21-15(3)23-24)17-7-5-4-6-8-17/h4-12,14H,13H2,1-3H3,(H,22,25). The summed E-state index contributed by atoms with van der Waals surface area (Å²) in [4.78, 5) is 16.8. The van der Waals surface area contributed by atoms with Crippen molar-refractivity contribution < 1.29 is 4.79 Å². The average Bonchev–Trinajstić information content (AvgIpc) is 2.96. The highest BCUT2D eigenvalue weighted by Gasteiger charge is 2.13. The number of hydrogen-bond acceptors (Lipinski definition) is 3. The van der Waals surface area contributed by atoms with E-state index in [0.717, 1.165) is 11.3 Å². The van der Waals surface area contributed by atoms with Gasteiger partial charge in [0.1, 0.15) is 12.4 Å². The first kappa shape index (κ1) is 16.9. The van der Waals surface area contributed by atoms with Crippen LogP contribution in [0.4, 0.5) is 5.69 Å². The van der Waals surface area contributed by atoms with Crippen molar-refractivity contribution in [2.45, 2.75) is 33.2 Å². The molecule has 5 heteroatoms. The van der Waals surface area contributed by atoms with Crippen molar-refractivity contribution in [1.82, 2.24) is 14.8 Å². The first-order chi connectivity index (χ1) is 12.0. The molecule has 0 aliphatic rings. The van der Waals surface area contributed by atoms with Crippen molar-refractivity contribution in [3.63, 3.8) is 0 Å². The van der Waals surface area contributed by atoms with Crippen LogP contribution < -0.4 is 5.32 Å². The van der Waals surface area contributed by atoms with Gasteiger partial charge in [-0.1, -0.05) is 56.3 Å². The molecule has 0 unspecified atom stereocenters. The number of anilines is 1. The normalized spacial score (nSPS) is 10.9. The molecule has 0 bridgehead atoms. The Balaban J connectivity index is 1.73. The molecule has 0 saturated carbocycles. The van der Waals surface area contributed by atoms with Crippen LogP contribution in [0, 0.1) is 6.92 Å². The van der Waals surface area contributed by atoms with E-state index < -0.39 is 0 Å². The van der Waals surface area contributed by atoms with Crippen molar-refractivity contribution in [3.05, 3.63) is 66.0 Å². The van der Waals surface area contributed by atoms with Crippen LogP contribution in [0.1, 0.15) is 31.2 Å². The van der Waals surface area contributed by atoms with E-state index >= 15 is 0 Å². The Hall–Kier alpha value is -2.95. The summed E-state index contributed by atoms with van der Waals surface area (Å²) in [5.74, 6) is 1.69. The van der Waals surface area contributed by atoms with Crippen LogP contribution >= 0.6 is 0 Å². The molecule has 128 valence electrons. The zero-order valence-corrected chi connectivity index (χ0v) is 14.7. The summed E-state index contributed by atoms with van der Waals surface area (Å²) in [6.07, 6.45) is 0. The zero-order valence-electron chi connectivity index (χ0n) is 14.7. The highest BCUT2D eigenvalue weighted by Crippen LogP contribution is 2.18. The number of hydrogen-bond donors (Lipinski definition) is 1. The summed E-state index contributed by atoms with van der Waals surface area (Å²) in [6.45, 7) is 6.24. The number of rotatable bonds is 5. The van der Waals surface area contributed by atoms with Gasteiger partial charge in [0.05, 0.1) is 0 Å². The maximum Gasteiger partial charge on any atom is 0.246 e. The minimum atomic E-state index is -0.126. The monoisotopic (exact) mass is 334 g/mol.